The second-order valence-electron chi connectivity index (χ2n) is 10.4. The van der Waals surface area contributed by atoms with Crippen molar-refractivity contribution in [2.45, 2.75) is 70.0 Å². The van der Waals surface area contributed by atoms with E-state index in [4.69, 9.17) is 0 Å². The summed E-state index contributed by atoms with van der Waals surface area (Å²) in [5, 5.41) is 6.20. The highest BCUT2D eigenvalue weighted by molar-refractivity contribution is 5.85. The second kappa shape index (κ2) is 12.0. The van der Waals surface area contributed by atoms with Crippen molar-refractivity contribution in [3.05, 3.63) is 102 Å². The molecule has 194 valence electrons. The summed E-state index contributed by atoms with van der Waals surface area (Å²) in [6, 6.07) is 24.1. The molecule has 1 saturated carbocycles. The Kier molecular flexibility index (Phi) is 8.59. The van der Waals surface area contributed by atoms with Gasteiger partial charge in [0.05, 0.1) is 5.92 Å². The number of urea groups is 1. The molecule has 3 aromatic rings. The van der Waals surface area contributed by atoms with Crippen molar-refractivity contribution >= 4 is 11.9 Å². The number of nitrogens with zero attached hydrogens (tertiary/aromatic N) is 2. The van der Waals surface area contributed by atoms with Crippen LogP contribution >= 0.6 is 0 Å². The first kappa shape index (κ1) is 26.4. The van der Waals surface area contributed by atoms with E-state index in [1.165, 1.54) is 5.56 Å². The van der Waals surface area contributed by atoms with Gasteiger partial charge < -0.3 is 15.5 Å². The molecule has 3 amide bonds. The number of aromatic nitrogens is 1. The largest absolute Gasteiger partial charge is 0.338 e. The summed E-state index contributed by atoms with van der Waals surface area (Å²) in [7, 11) is 0. The first-order valence-corrected chi connectivity index (χ1v) is 13.2. The van der Waals surface area contributed by atoms with Crippen LogP contribution in [0, 0.1) is 0 Å². The number of carbonyl (C=O) groups excluding carboxylic acids is 2. The Balaban J connectivity index is 1.56. The number of hydrogen-bond acceptors (Lipinski definition) is 3. The minimum atomic E-state index is -0.487. The summed E-state index contributed by atoms with van der Waals surface area (Å²) in [6.07, 6.45) is 4.43. The maximum atomic E-state index is 14.1. The number of carbonyl (C=O) groups is 2. The van der Waals surface area contributed by atoms with Gasteiger partial charge in [-0.25, -0.2) is 4.79 Å². The minimum absolute atomic E-state index is 0.0420. The van der Waals surface area contributed by atoms with E-state index in [0.29, 0.717) is 12.5 Å². The fourth-order valence-electron chi connectivity index (χ4n) is 5.35. The number of amides is 3. The number of hydrogen-bond donors (Lipinski definition) is 2. The van der Waals surface area contributed by atoms with Gasteiger partial charge in [0.2, 0.25) is 5.91 Å². The van der Waals surface area contributed by atoms with E-state index in [2.05, 4.69) is 27.8 Å². The fourth-order valence-corrected chi connectivity index (χ4v) is 5.35. The Hall–Kier alpha value is -3.67. The lowest BCUT2D eigenvalue weighted by molar-refractivity contribution is -0.137. The van der Waals surface area contributed by atoms with Gasteiger partial charge in [-0.2, -0.15) is 0 Å². The molecular formula is C31H38N4O2. The van der Waals surface area contributed by atoms with Gasteiger partial charge in [0.15, 0.2) is 0 Å². The Morgan fingerprint density at radius 3 is 2.11 bits per heavy atom. The lowest BCUT2D eigenvalue weighted by Gasteiger charge is -2.37. The van der Waals surface area contributed by atoms with Crippen LogP contribution in [0.4, 0.5) is 4.79 Å². The summed E-state index contributed by atoms with van der Waals surface area (Å²) < 4.78 is 0. The van der Waals surface area contributed by atoms with E-state index in [0.717, 1.165) is 17.5 Å². The summed E-state index contributed by atoms with van der Waals surface area (Å²) in [5.74, 6) is -0.348. The van der Waals surface area contributed by atoms with E-state index in [-0.39, 0.29) is 36.0 Å². The highest BCUT2D eigenvalue weighted by Crippen LogP contribution is 2.40. The van der Waals surface area contributed by atoms with Crippen molar-refractivity contribution in [3.63, 3.8) is 0 Å². The van der Waals surface area contributed by atoms with Gasteiger partial charge in [0.1, 0.15) is 0 Å². The van der Waals surface area contributed by atoms with Crippen LogP contribution in [0.25, 0.3) is 0 Å². The van der Waals surface area contributed by atoms with Gasteiger partial charge in [0.25, 0.3) is 0 Å². The minimum Gasteiger partial charge on any atom is -0.338 e. The lowest BCUT2D eigenvalue weighted by atomic mass is 9.80. The van der Waals surface area contributed by atoms with Gasteiger partial charge in [-0.15, -0.1) is 0 Å². The highest BCUT2D eigenvalue weighted by Gasteiger charge is 2.40. The van der Waals surface area contributed by atoms with E-state index < -0.39 is 5.92 Å². The predicted octanol–water partition coefficient (Wildman–Crippen LogP) is 5.45. The Labute approximate surface area is 220 Å². The molecular weight excluding hydrogens is 460 g/mol. The normalized spacial score (nSPS) is 18.2. The van der Waals surface area contributed by atoms with Crippen LogP contribution in [-0.2, 0) is 4.79 Å². The van der Waals surface area contributed by atoms with E-state index in [1.54, 1.807) is 12.4 Å². The molecule has 1 aliphatic carbocycles. The molecule has 0 aliphatic heterocycles. The highest BCUT2D eigenvalue weighted by atomic mass is 16.2. The number of pyridine rings is 1. The molecule has 37 heavy (non-hydrogen) atoms. The second-order valence-corrected chi connectivity index (χ2v) is 10.4. The number of nitrogens with one attached hydrogen (secondary N) is 2. The zero-order valence-electron chi connectivity index (χ0n) is 22.2. The number of benzene rings is 2. The third kappa shape index (κ3) is 6.56. The van der Waals surface area contributed by atoms with E-state index >= 15 is 0 Å². The topological polar surface area (TPSA) is 74.3 Å². The first-order valence-electron chi connectivity index (χ1n) is 13.2. The van der Waals surface area contributed by atoms with Crippen LogP contribution in [-0.4, -0.2) is 46.5 Å². The van der Waals surface area contributed by atoms with Crippen LogP contribution in [0.15, 0.2) is 85.2 Å². The van der Waals surface area contributed by atoms with Crippen LogP contribution < -0.4 is 10.6 Å². The molecule has 4 atom stereocenters. The van der Waals surface area contributed by atoms with Crippen LogP contribution in [0.3, 0.4) is 0 Å². The van der Waals surface area contributed by atoms with Crippen LogP contribution in [0.2, 0.25) is 0 Å². The predicted molar refractivity (Wildman–Crippen MR) is 147 cm³/mol. The van der Waals surface area contributed by atoms with Crippen molar-refractivity contribution in [2.24, 2.45) is 0 Å². The third-order valence-corrected chi connectivity index (χ3v) is 7.12. The van der Waals surface area contributed by atoms with E-state index in [1.807, 2.05) is 93.3 Å². The molecule has 2 aromatic carbocycles. The van der Waals surface area contributed by atoms with Gasteiger partial charge in [0, 0.05) is 48.9 Å². The molecule has 2 N–H and O–H groups in total. The fraction of sp³-hybridized carbons (Fsp3) is 0.387. The van der Waals surface area contributed by atoms with Crippen molar-refractivity contribution in [1.29, 1.82) is 0 Å². The molecule has 6 heteroatoms. The molecule has 1 aliphatic rings. The van der Waals surface area contributed by atoms with Gasteiger partial charge in [-0.05, 0) is 56.9 Å². The molecule has 2 unspecified atom stereocenters. The zero-order valence-corrected chi connectivity index (χ0v) is 22.2. The average molecular weight is 499 g/mol. The molecule has 4 rings (SSSR count). The molecule has 1 heterocycles. The third-order valence-electron chi connectivity index (χ3n) is 7.12. The van der Waals surface area contributed by atoms with E-state index in [9.17, 15) is 9.59 Å². The molecule has 0 saturated heterocycles. The van der Waals surface area contributed by atoms with Gasteiger partial charge >= 0.3 is 6.03 Å². The first-order chi connectivity index (χ1) is 17.9. The Bertz CT molecular complexity index is 1140. The molecule has 1 aromatic heterocycles. The maximum Gasteiger partial charge on any atom is 0.315 e. The van der Waals surface area contributed by atoms with Crippen molar-refractivity contribution in [2.75, 3.05) is 6.54 Å². The maximum absolute atomic E-state index is 14.1. The van der Waals surface area contributed by atoms with Crippen molar-refractivity contribution in [1.82, 2.24) is 20.5 Å². The summed E-state index contributed by atoms with van der Waals surface area (Å²) in [6.45, 7) is 8.49. The SMILES string of the molecule is CC(C)N(C(=O)C(c1cccnc1)C(CNC(=O)N[C@@H]1C[C@H]1c1ccccc1)c1ccccc1)C(C)C. The average Bonchev–Trinajstić information content (AvgIpc) is 3.66. The summed E-state index contributed by atoms with van der Waals surface area (Å²) in [5.41, 5.74) is 3.10. The van der Waals surface area contributed by atoms with Crippen molar-refractivity contribution in [3.8, 4) is 0 Å². The summed E-state index contributed by atoms with van der Waals surface area (Å²) >= 11 is 0. The number of rotatable bonds is 10. The Morgan fingerprint density at radius 2 is 1.51 bits per heavy atom. The van der Waals surface area contributed by atoms with Crippen LogP contribution in [0.1, 0.15) is 68.6 Å². The quantitative estimate of drug-likeness (QED) is 0.390. The molecule has 6 nitrogen and oxygen atoms in total. The molecule has 1 fully saturated rings. The smallest absolute Gasteiger partial charge is 0.315 e. The standard InChI is InChI=1S/C31H38N4O2/c1-21(2)35(22(3)4)30(36)29(25-16-11-17-32-19-25)27(24-14-9-6-10-15-24)20-33-31(37)34-28-18-26(28)23-12-7-5-8-13-23/h5-17,19,21-22,26-29H,18,20H2,1-4H3,(H2,33,34,37)/t26-,27?,28+,29?/m0/s1. The molecule has 0 radical (unpaired) electrons. The summed E-state index contributed by atoms with van der Waals surface area (Å²) in [4.78, 5) is 33.4. The van der Waals surface area contributed by atoms with Gasteiger partial charge in [-0.3, -0.25) is 9.78 Å². The van der Waals surface area contributed by atoms with Gasteiger partial charge in [-0.1, -0.05) is 66.7 Å². The molecule has 0 spiro atoms. The monoisotopic (exact) mass is 498 g/mol. The van der Waals surface area contributed by atoms with Crippen molar-refractivity contribution < 1.29 is 9.59 Å². The Morgan fingerprint density at radius 1 is 0.892 bits per heavy atom. The van der Waals surface area contributed by atoms with Crippen LogP contribution in [0.5, 0.6) is 0 Å². The zero-order chi connectivity index (χ0) is 26.4. The molecule has 0 bridgehead atoms. The lowest BCUT2D eigenvalue weighted by Crippen LogP contribution is -2.47.